The van der Waals surface area contributed by atoms with Crippen molar-refractivity contribution >= 4 is 44.8 Å². The quantitative estimate of drug-likeness (QED) is 0.513. The van der Waals surface area contributed by atoms with Gasteiger partial charge in [0.05, 0.1) is 33.9 Å². The van der Waals surface area contributed by atoms with Gasteiger partial charge in [-0.1, -0.05) is 55.2 Å². The molecular weight excluding hydrogens is 459 g/mol. The maximum absolute atomic E-state index is 12.8. The third-order valence-electron chi connectivity index (χ3n) is 4.71. The number of nitrogens with zero attached hydrogens (tertiary/aromatic N) is 3. The molecule has 7 nitrogen and oxygen atoms in total. The van der Waals surface area contributed by atoms with Gasteiger partial charge in [-0.15, -0.1) is 0 Å². The van der Waals surface area contributed by atoms with Crippen LogP contribution in [0.1, 0.15) is 29.8 Å². The molecule has 1 aromatic heterocycles. The molecule has 0 aliphatic carbocycles. The third-order valence-corrected chi connectivity index (χ3v) is 7.46. The number of rotatable bonds is 8. The van der Waals surface area contributed by atoms with Crippen molar-refractivity contribution in [2.24, 2.45) is 0 Å². The number of nitrogens with one attached hydrogen (secondary N) is 1. The Labute approximate surface area is 191 Å². The molecule has 1 heterocycles. The lowest BCUT2D eigenvalue weighted by Gasteiger charge is -2.19. The number of hydrogen-bond donors (Lipinski definition) is 1. The van der Waals surface area contributed by atoms with Gasteiger partial charge >= 0.3 is 0 Å². The van der Waals surface area contributed by atoms with Crippen LogP contribution in [0.5, 0.6) is 0 Å². The van der Waals surface area contributed by atoms with Crippen LogP contribution in [0.3, 0.4) is 0 Å². The van der Waals surface area contributed by atoms with E-state index in [-0.39, 0.29) is 15.6 Å². The van der Waals surface area contributed by atoms with E-state index >= 15 is 0 Å². The molecule has 0 bridgehead atoms. The van der Waals surface area contributed by atoms with Gasteiger partial charge in [-0.3, -0.25) is 9.48 Å². The van der Waals surface area contributed by atoms with E-state index in [1.165, 1.54) is 28.7 Å². The van der Waals surface area contributed by atoms with Crippen molar-refractivity contribution in [2.75, 3.05) is 18.4 Å². The Kier molecular flexibility index (Phi) is 7.38. The lowest BCUT2D eigenvalue weighted by molar-refractivity contribution is 0.102. The minimum atomic E-state index is -3.68. The lowest BCUT2D eigenvalue weighted by Crippen LogP contribution is -2.30. The molecule has 0 saturated heterocycles. The normalized spacial score (nSPS) is 11.6. The van der Waals surface area contributed by atoms with Gasteiger partial charge in [0, 0.05) is 24.3 Å². The summed E-state index contributed by atoms with van der Waals surface area (Å²) in [5, 5.41) is 7.72. The van der Waals surface area contributed by atoms with Crippen LogP contribution < -0.4 is 5.32 Å². The van der Waals surface area contributed by atoms with E-state index in [0.717, 1.165) is 5.56 Å². The van der Waals surface area contributed by atoms with Crippen LogP contribution in [0.4, 0.5) is 5.69 Å². The van der Waals surface area contributed by atoms with Crippen molar-refractivity contribution in [1.29, 1.82) is 0 Å². The molecule has 2 aromatic carbocycles. The summed E-state index contributed by atoms with van der Waals surface area (Å²) in [7, 11) is -3.68. The largest absolute Gasteiger partial charge is 0.320 e. The molecule has 1 amide bonds. The number of halogens is 2. The van der Waals surface area contributed by atoms with Crippen LogP contribution in [-0.2, 0) is 16.6 Å². The maximum Gasteiger partial charge on any atom is 0.258 e. The smallest absolute Gasteiger partial charge is 0.258 e. The first-order valence-electron chi connectivity index (χ1n) is 9.63. The summed E-state index contributed by atoms with van der Waals surface area (Å²) in [5.74, 6) is -0.454. The van der Waals surface area contributed by atoms with E-state index in [4.69, 9.17) is 23.2 Å². The Morgan fingerprint density at radius 1 is 1.10 bits per heavy atom. The summed E-state index contributed by atoms with van der Waals surface area (Å²) in [6, 6.07) is 11.6. The maximum atomic E-state index is 12.8. The fraction of sp³-hybridized carbons (Fsp3) is 0.238. The van der Waals surface area contributed by atoms with Crippen LogP contribution in [0.25, 0.3) is 0 Å². The number of anilines is 1. The second kappa shape index (κ2) is 9.82. The minimum Gasteiger partial charge on any atom is -0.320 e. The third kappa shape index (κ3) is 5.27. The molecule has 0 spiro atoms. The fourth-order valence-corrected chi connectivity index (χ4v) is 4.88. The van der Waals surface area contributed by atoms with Crippen molar-refractivity contribution in [3.8, 4) is 0 Å². The highest BCUT2D eigenvalue weighted by molar-refractivity contribution is 7.89. The zero-order chi connectivity index (χ0) is 22.6. The number of aromatic nitrogens is 2. The van der Waals surface area contributed by atoms with Crippen LogP contribution in [0.2, 0.25) is 10.0 Å². The van der Waals surface area contributed by atoms with Gasteiger partial charge in [-0.2, -0.15) is 9.40 Å². The standard InChI is InChI=1S/C21H22Cl2N4O3S/c1-3-27(4-2)31(29,30)17-9-10-19(23)20(11-17)25-21(28)16-12-24-26(14-16)13-15-7-5-6-8-18(15)22/h5-12,14H,3-4,13H2,1-2H3,(H,25,28). The summed E-state index contributed by atoms with van der Waals surface area (Å²) in [6.45, 7) is 4.62. The van der Waals surface area contributed by atoms with Gasteiger partial charge in [0.2, 0.25) is 10.0 Å². The highest BCUT2D eigenvalue weighted by Crippen LogP contribution is 2.27. The van der Waals surface area contributed by atoms with Crippen molar-refractivity contribution in [2.45, 2.75) is 25.3 Å². The van der Waals surface area contributed by atoms with Crippen LogP contribution in [0, 0.1) is 0 Å². The second-order valence-corrected chi connectivity index (χ2v) is 9.46. The van der Waals surface area contributed by atoms with Gasteiger partial charge in [0.15, 0.2) is 0 Å². The van der Waals surface area contributed by atoms with Crippen LogP contribution in [0.15, 0.2) is 59.8 Å². The zero-order valence-corrected chi connectivity index (χ0v) is 19.4. The molecule has 3 aromatic rings. The average Bonchev–Trinajstić information content (AvgIpc) is 3.20. The van der Waals surface area contributed by atoms with E-state index in [2.05, 4.69) is 10.4 Å². The highest BCUT2D eigenvalue weighted by Gasteiger charge is 2.23. The predicted octanol–water partition coefficient (Wildman–Crippen LogP) is 4.52. The van der Waals surface area contributed by atoms with Gasteiger partial charge in [0.25, 0.3) is 5.91 Å². The Morgan fingerprint density at radius 2 is 1.81 bits per heavy atom. The van der Waals surface area contributed by atoms with E-state index in [0.29, 0.717) is 30.2 Å². The zero-order valence-electron chi connectivity index (χ0n) is 17.0. The lowest BCUT2D eigenvalue weighted by atomic mass is 10.2. The molecule has 31 heavy (non-hydrogen) atoms. The van der Waals surface area contributed by atoms with Gasteiger partial charge < -0.3 is 5.32 Å². The van der Waals surface area contributed by atoms with Gasteiger partial charge in [-0.05, 0) is 29.8 Å². The van der Waals surface area contributed by atoms with Gasteiger partial charge in [-0.25, -0.2) is 8.42 Å². The van der Waals surface area contributed by atoms with E-state index in [1.807, 2.05) is 18.2 Å². The molecule has 0 aliphatic rings. The number of carbonyl (C=O) groups is 1. The Balaban J connectivity index is 1.79. The molecule has 0 atom stereocenters. The summed E-state index contributed by atoms with van der Waals surface area (Å²) in [4.78, 5) is 12.8. The highest BCUT2D eigenvalue weighted by atomic mass is 35.5. The Bertz CT molecular complexity index is 1190. The first-order valence-corrected chi connectivity index (χ1v) is 11.8. The number of hydrogen-bond acceptors (Lipinski definition) is 4. The second-order valence-electron chi connectivity index (χ2n) is 6.70. The number of amides is 1. The molecule has 10 heteroatoms. The number of sulfonamides is 1. The van der Waals surface area contributed by atoms with Crippen LogP contribution >= 0.6 is 23.2 Å². The number of benzene rings is 2. The molecule has 0 fully saturated rings. The van der Waals surface area contributed by atoms with E-state index in [1.54, 1.807) is 30.8 Å². The Hall–Kier alpha value is -2.39. The van der Waals surface area contributed by atoms with E-state index in [9.17, 15) is 13.2 Å². The van der Waals surface area contributed by atoms with Crippen molar-refractivity contribution < 1.29 is 13.2 Å². The molecule has 0 radical (unpaired) electrons. The van der Waals surface area contributed by atoms with E-state index < -0.39 is 15.9 Å². The van der Waals surface area contributed by atoms with Gasteiger partial charge in [0.1, 0.15) is 0 Å². The minimum absolute atomic E-state index is 0.0605. The SMILES string of the molecule is CCN(CC)S(=O)(=O)c1ccc(Cl)c(NC(=O)c2cnn(Cc3ccccc3Cl)c2)c1. The van der Waals surface area contributed by atoms with Crippen molar-refractivity contribution in [3.05, 3.63) is 76.0 Å². The molecule has 0 saturated carbocycles. The first kappa shape index (κ1) is 23.3. The molecule has 164 valence electrons. The predicted molar refractivity (Wildman–Crippen MR) is 122 cm³/mol. The monoisotopic (exact) mass is 480 g/mol. The van der Waals surface area contributed by atoms with Crippen LogP contribution in [-0.4, -0.2) is 41.5 Å². The summed E-state index contributed by atoms with van der Waals surface area (Å²) >= 11 is 12.4. The topological polar surface area (TPSA) is 84.3 Å². The summed E-state index contributed by atoms with van der Waals surface area (Å²) < 4.78 is 28.5. The fourth-order valence-electron chi connectivity index (χ4n) is 3.04. The average molecular weight is 481 g/mol. The molecule has 0 unspecified atom stereocenters. The Morgan fingerprint density at radius 3 is 2.48 bits per heavy atom. The first-order chi connectivity index (χ1) is 14.8. The summed E-state index contributed by atoms with van der Waals surface area (Å²) in [6.07, 6.45) is 3.01. The number of carbonyl (C=O) groups excluding carboxylic acids is 1. The molecule has 0 aliphatic heterocycles. The summed E-state index contributed by atoms with van der Waals surface area (Å²) in [5.41, 5.74) is 1.38. The molecule has 3 rings (SSSR count). The van der Waals surface area contributed by atoms with Crippen molar-refractivity contribution in [1.82, 2.24) is 14.1 Å². The molecular formula is C21H22Cl2N4O3S. The van der Waals surface area contributed by atoms with Crippen molar-refractivity contribution in [3.63, 3.8) is 0 Å². The molecule has 1 N–H and O–H groups in total.